The van der Waals surface area contributed by atoms with Gasteiger partial charge in [0, 0.05) is 13.0 Å². The Morgan fingerprint density at radius 2 is 2.17 bits per heavy atom. The fraction of sp³-hybridized carbons (Fsp3) is 0.857. The molecule has 12 heavy (non-hydrogen) atoms. The Kier molecular flexibility index (Phi) is 5.19. The molecule has 5 nitrogen and oxygen atoms in total. The van der Waals surface area contributed by atoms with Crippen molar-refractivity contribution in [3.63, 3.8) is 0 Å². The van der Waals surface area contributed by atoms with E-state index in [9.17, 15) is 9.70 Å². The number of carbonyl (C=O) groups is 1. The fourth-order valence-electron chi connectivity index (χ4n) is 0.667. The molecule has 0 fully saturated rings. The van der Waals surface area contributed by atoms with E-state index in [0.717, 1.165) is 5.01 Å². The zero-order valence-corrected chi connectivity index (χ0v) is 7.61. The van der Waals surface area contributed by atoms with Crippen molar-refractivity contribution in [2.24, 2.45) is 11.2 Å². The minimum Gasteiger partial charge on any atom is -0.383 e. The third-order valence-electron chi connectivity index (χ3n) is 1.35. The maximum atomic E-state index is 11.2. The Labute approximate surface area is 71.6 Å². The molecule has 1 amide bonds. The van der Waals surface area contributed by atoms with Crippen molar-refractivity contribution in [2.75, 3.05) is 20.3 Å². The first-order valence-electron chi connectivity index (χ1n) is 3.77. The number of carbonyl (C=O) groups excluding carboxylic acids is 1. The SMILES string of the molecule is COCCN(N=O)C(=O)C(C)C. The van der Waals surface area contributed by atoms with Crippen LogP contribution in [0.2, 0.25) is 0 Å². The molecule has 0 unspecified atom stereocenters. The van der Waals surface area contributed by atoms with Gasteiger partial charge in [-0.15, -0.1) is 4.91 Å². The number of hydrogen-bond acceptors (Lipinski definition) is 4. The summed E-state index contributed by atoms with van der Waals surface area (Å²) in [6.45, 7) is 3.97. The van der Waals surface area contributed by atoms with E-state index >= 15 is 0 Å². The minimum absolute atomic E-state index is 0.209. The molecule has 0 aliphatic carbocycles. The summed E-state index contributed by atoms with van der Waals surface area (Å²) in [5.74, 6) is -0.485. The van der Waals surface area contributed by atoms with Crippen LogP contribution in [-0.4, -0.2) is 31.2 Å². The standard InChI is InChI=1S/C7H14N2O3/c1-6(2)7(10)9(8-11)4-5-12-3/h6H,4-5H2,1-3H3. The molecule has 70 valence electrons. The molecule has 0 rings (SSSR count). The maximum absolute atomic E-state index is 11.2. The van der Waals surface area contributed by atoms with Crippen molar-refractivity contribution in [3.05, 3.63) is 4.91 Å². The summed E-state index contributed by atoms with van der Waals surface area (Å²) < 4.78 is 4.71. The number of methoxy groups -OCH3 is 1. The van der Waals surface area contributed by atoms with E-state index in [4.69, 9.17) is 4.74 Å². The summed E-state index contributed by atoms with van der Waals surface area (Å²) in [7, 11) is 1.50. The van der Waals surface area contributed by atoms with Gasteiger partial charge in [0.05, 0.1) is 18.4 Å². The van der Waals surface area contributed by atoms with Crippen LogP contribution in [0.1, 0.15) is 13.8 Å². The van der Waals surface area contributed by atoms with Gasteiger partial charge in [0.15, 0.2) is 0 Å². The summed E-state index contributed by atoms with van der Waals surface area (Å²) in [6, 6.07) is 0. The highest BCUT2D eigenvalue weighted by atomic mass is 16.5. The van der Waals surface area contributed by atoms with Crippen LogP contribution in [0.5, 0.6) is 0 Å². The average molecular weight is 174 g/mol. The van der Waals surface area contributed by atoms with E-state index in [-0.39, 0.29) is 18.4 Å². The topological polar surface area (TPSA) is 59.0 Å². The molecule has 0 spiro atoms. The van der Waals surface area contributed by atoms with Crippen LogP contribution >= 0.6 is 0 Å². The van der Waals surface area contributed by atoms with Crippen LogP contribution in [0.25, 0.3) is 0 Å². The van der Waals surface area contributed by atoms with Gasteiger partial charge < -0.3 is 4.74 Å². The van der Waals surface area contributed by atoms with Crippen molar-refractivity contribution in [2.45, 2.75) is 13.8 Å². The minimum atomic E-state index is -0.276. The molecule has 0 aliphatic heterocycles. The maximum Gasteiger partial charge on any atom is 0.247 e. The highest BCUT2D eigenvalue weighted by Gasteiger charge is 2.16. The van der Waals surface area contributed by atoms with Crippen molar-refractivity contribution in [1.29, 1.82) is 0 Å². The van der Waals surface area contributed by atoms with Gasteiger partial charge in [0.2, 0.25) is 5.91 Å². The molecule has 0 aromatic heterocycles. The van der Waals surface area contributed by atoms with Crippen molar-refractivity contribution >= 4 is 5.91 Å². The van der Waals surface area contributed by atoms with Gasteiger partial charge in [-0.05, 0) is 0 Å². The third kappa shape index (κ3) is 3.43. The Bertz CT molecular complexity index is 159. The first-order chi connectivity index (χ1) is 5.63. The number of rotatable bonds is 5. The molecule has 0 aromatic carbocycles. The van der Waals surface area contributed by atoms with Gasteiger partial charge in [-0.3, -0.25) is 4.79 Å². The predicted octanol–water partition coefficient (Wildman–Crippen LogP) is 0.799. The van der Waals surface area contributed by atoms with Gasteiger partial charge >= 0.3 is 0 Å². The second-order valence-corrected chi connectivity index (χ2v) is 2.69. The van der Waals surface area contributed by atoms with Gasteiger partial charge in [-0.1, -0.05) is 13.8 Å². The number of nitrogens with zero attached hydrogens (tertiary/aromatic N) is 2. The monoisotopic (exact) mass is 174 g/mol. The zero-order chi connectivity index (χ0) is 9.56. The molecule has 0 aliphatic rings. The molecule has 0 radical (unpaired) electrons. The molecular weight excluding hydrogens is 160 g/mol. The largest absolute Gasteiger partial charge is 0.383 e. The molecular formula is C7H14N2O3. The highest BCUT2D eigenvalue weighted by Crippen LogP contribution is 2.01. The fourth-order valence-corrected chi connectivity index (χ4v) is 0.667. The number of hydrogen-bond donors (Lipinski definition) is 0. The van der Waals surface area contributed by atoms with Crippen molar-refractivity contribution in [1.82, 2.24) is 5.01 Å². The summed E-state index contributed by atoms with van der Waals surface area (Å²) in [6.07, 6.45) is 0. The Hall–Kier alpha value is -0.970. The summed E-state index contributed by atoms with van der Waals surface area (Å²) in [5.41, 5.74) is 0. The van der Waals surface area contributed by atoms with Gasteiger partial charge in [-0.25, -0.2) is 0 Å². The van der Waals surface area contributed by atoms with E-state index < -0.39 is 0 Å². The first-order valence-corrected chi connectivity index (χ1v) is 3.77. The van der Waals surface area contributed by atoms with Crippen LogP contribution in [0, 0.1) is 10.8 Å². The molecule has 0 heterocycles. The highest BCUT2D eigenvalue weighted by molar-refractivity contribution is 5.77. The van der Waals surface area contributed by atoms with Crippen molar-refractivity contribution < 1.29 is 9.53 Å². The first kappa shape index (κ1) is 11.0. The van der Waals surface area contributed by atoms with E-state index in [1.807, 2.05) is 0 Å². The zero-order valence-electron chi connectivity index (χ0n) is 7.61. The Morgan fingerprint density at radius 1 is 1.58 bits per heavy atom. The van der Waals surface area contributed by atoms with E-state index in [2.05, 4.69) is 5.29 Å². The van der Waals surface area contributed by atoms with Crippen LogP contribution in [0.4, 0.5) is 0 Å². The van der Waals surface area contributed by atoms with Gasteiger partial charge in [0.1, 0.15) is 0 Å². The van der Waals surface area contributed by atoms with Crippen molar-refractivity contribution in [3.8, 4) is 0 Å². The van der Waals surface area contributed by atoms with Gasteiger partial charge in [0.25, 0.3) is 0 Å². The molecule has 0 atom stereocenters. The van der Waals surface area contributed by atoms with Crippen LogP contribution in [-0.2, 0) is 9.53 Å². The van der Waals surface area contributed by atoms with Gasteiger partial charge in [-0.2, -0.15) is 5.01 Å². The number of nitroso groups, excluding NO2 is 1. The van der Waals surface area contributed by atoms with Crippen LogP contribution < -0.4 is 0 Å². The average Bonchev–Trinajstić information content (AvgIpc) is 2.05. The summed E-state index contributed by atoms with van der Waals surface area (Å²) in [5, 5.41) is 3.48. The lowest BCUT2D eigenvalue weighted by molar-refractivity contribution is -0.135. The number of ether oxygens (including phenoxy) is 1. The van der Waals surface area contributed by atoms with Crippen LogP contribution in [0.15, 0.2) is 5.29 Å². The predicted molar refractivity (Wildman–Crippen MR) is 44.2 cm³/mol. The molecule has 0 aromatic rings. The normalized spacial score (nSPS) is 10.0. The molecule has 0 bridgehead atoms. The lowest BCUT2D eigenvalue weighted by Crippen LogP contribution is -2.31. The smallest absolute Gasteiger partial charge is 0.247 e. The second kappa shape index (κ2) is 5.65. The summed E-state index contributed by atoms with van der Waals surface area (Å²) in [4.78, 5) is 21.3. The quantitative estimate of drug-likeness (QED) is 0.457. The van der Waals surface area contributed by atoms with E-state index in [0.29, 0.717) is 6.61 Å². The molecule has 0 saturated carbocycles. The number of amides is 1. The second-order valence-electron chi connectivity index (χ2n) is 2.69. The Morgan fingerprint density at radius 3 is 2.50 bits per heavy atom. The Balaban J connectivity index is 3.96. The lowest BCUT2D eigenvalue weighted by Gasteiger charge is -2.14. The molecule has 0 saturated heterocycles. The third-order valence-corrected chi connectivity index (χ3v) is 1.35. The summed E-state index contributed by atoms with van der Waals surface area (Å²) >= 11 is 0. The lowest BCUT2D eigenvalue weighted by atomic mass is 10.2. The van der Waals surface area contributed by atoms with Crippen LogP contribution in [0.3, 0.4) is 0 Å². The van der Waals surface area contributed by atoms with E-state index in [1.54, 1.807) is 13.8 Å². The molecule has 0 N–H and O–H groups in total. The molecule has 5 heteroatoms. The van der Waals surface area contributed by atoms with E-state index in [1.165, 1.54) is 7.11 Å².